The second kappa shape index (κ2) is 7.83. The molecule has 0 spiro atoms. The highest BCUT2D eigenvalue weighted by molar-refractivity contribution is 5.87. The van der Waals surface area contributed by atoms with Gasteiger partial charge in [0.1, 0.15) is 6.61 Å². The van der Waals surface area contributed by atoms with Crippen molar-refractivity contribution in [2.24, 2.45) is 5.92 Å². The highest BCUT2D eigenvalue weighted by Gasteiger charge is 2.37. The van der Waals surface area contributed by atoms with E-state index in [1.54, 1.807) is 29.2 Å². The highest BCUT2D eigenvalue weighted by Crippen LogP contribution is 2.29. The van der Waals surface area contributed by atoms with Crippen LogP contribution in [0.15, 0.2) is 54.6 Å². The van der Waals surface area contributed by atoms with Gasteiger partial charge in [0.2, 0.25) is 5.91 Å². The van der Waals surface area contributed by atoms with E-state index in [4.69, 9.17) is 10.00 Å². The number of ether oxygens (including phenoxy) is 1. The lowest BCUT2D eigenvalue weighted by atomic mass is 10.1. The minimum absolute atomic E-state index is 0.0262. The molecule has 5 heteroatoms. The van der Waals surface area contributed by atoms with E-state index in [0.29, 0.717) is 12.1 Å². The summed E-state index contributed by atoms with van der Waals surface area (Å²) < 4.78 is 5.37. The van der Waals surface area contributed by atoms with Crippen molar-refractivity contribution in [3.8, 4) is 6.07 Å². The Morgan fingerprint density at radius 3 is 2.58 bits per heavy atom. The van der Waals surface area contributed by atoms with Gasteiger partial charge in [0, 0.05) is 13.0 Å². The summed E-state index contributed by atoms with van der Waals surface area (Å²) in [6, 6.07) is 18.6. The van der Waals surface area contributed by atoms with Gasteiger partial charge in [-0.2, -0.15) is 5.26 Å². The molecule has 1 aliphatic heterocycles. The topological polar surface area (TPSA) is 70.4 Å². The third kappa shape index (κ3) is 3.92. The van der Waals surface area contributed by atoms with E-state index in [2.05, 4.69) is 0 Å². The Bertz CT molecular complexity index is 825. The molecule has 0 radical (unpaired) electrons. The van der Waals surface area contributed by atoms with Crippen LogP contribution >= 0.6 is 0 Å². The van der Waals surface area contributed by atoms with E-state index in [9.17, 15) is 9.59 Å². The number of nitrogens with zero attached hydrogens (tertiary/aromatic N) is 2. The number of likely N-dealkylation sites (tertiary alicyclic amines) is 1. The fourth-order valence-corrected chi connectivity index (χ4v) is 3.12. The summed E-state index contributed by atoms with van der Waals surface area (Å²) in [4.78, 5) is 26.4. The first-order chi connectivity index (χ1) is 12.6. The van der Waals surface area contributed by atoms with Crippen LogP contribution in [-0.4, -0.2) is 23.3 Å². The van der Waals surface area contributed by atoms with Crippen LogP contribution in [0.3, 0.4) is 0 Å². The van der Waals surface area contributed by atoms with Crippen molar-refractivity contribution in [3.63, 3.8) is 0 Å². The average molecular weight is 348 g/mol. The summed E-state index contributed by atoms with van der Waals surface area (Å²) >= 11 is 0. The molecule has 5 nitrogen and oxygen atoms in total. The maximum absolute atomic E-state index is 12.3. The van der Waals surface area contributed by atoms with Crippen molar-refractivity contribution in [1.82, 2.24) is 4.90 Å². The monoisotopic (exact) mass is 348 g/mol. The van der Waals surface area contributed by atoms with Crippen molar-refractivity contribution >= 4 is 11.9 Å². The average Bonchev–Trinajstić information content (AvgIpc) is 3.08. The molecule has 0 N–H and O–H groups in total. The number of hydrogen-bond donors (Lipinski definition) is 0. The molecule has 1 saturated heterocycles. The lowest BCUT2D eigenvalue weighted by Gasteiger charge is -2.25. The minimum atomic E-state index is -0.438. The molecule has 2 aromatic rings. The van der Waals surface area contributed by atoms with Gasteiger partial charge >= 0.3 is 5.97 Å². The molecule has 2 atom stereocenters. The lowest BCUT2D eigenvalue weighted by molar-refractivity contribution is -0.149. The molecule has 132 valence electrons. The van der Waals surface area contributed by atoms with Crippen molar-refractivity contribution in [2.45, 2.75) is 26.0 Å². The van der Waals surface area contributed by atoms with Crippen molar-refractivity contribution < 1.29 is 14.3 Å². The van der Waals surface area contributed by atoms with Gasteiger partial charge in [-0.25, -0.2) is 0 Å². The standard InChI is InChI=1S/C21H20N2O3/c1-15(18-5-3-2-4-6-18)23-13-19(11-20(23)24)21(25)26-14-17-9-7-16(12-22)8-10-17/h2-10,15,19H,11,13-14H2,1H3/t15-,19-/m1/s1. The first-order valence-corrected chi connectivity index (χ1v) is 8.58. The van der Waals surface area contributed by atoms with E-state index in [-0.39, 0.29) is 30.9 Å². The Kier molecular flexibility index (Phi) is 5.33. The summed E-state index contributed by atoms with van der Waals surface area (Å²) in [7, 11) is 0. The van der Waals surface area contributed by atoms with Gasteiger partial charge in [-0.1, -0.05) is 42.5 Å². The smallest absolute Gasteiger partial charge is 0.311 e. The molecule has 2 aromatic carbocycles. The second-order valence-electron chi connectivity index (χ2n) is 6.45. The summed E-state index contributed by atoms with van der Waals surface area (Å²) in [6.45, 7) is 2.49. The van der Waals surface area contributed by atoms with E-state index in [1.165, 1.54) is 0 Å². The molecule has 1 aliphatic rings. The largest absolute Gasteiger partial charge is 0.461 e. The molecule has 0 bridgehead atoms. The number of hydrogen-bond acceptors (Lipinski definition) is 4. The Labute approximate surface area is 152 Å². The molecular weight excluding hydrogens is 328 g/mol. The molecule has 0 unspecified atom stereocenters. The second-order valence-corrected chi connectivity index (χ2v) is 6.45. The zero-order valence-electron chi connectivity index (χ0n) is 14.6. The van der Waals surface area contributed by atoms with E-state index >= 15 is 0 Å². The van der Waals surface area contributed by atoms with E-state index in [1.807, 2.05) is 43.3 Å². The maximum atomic E-state index is 12.3. The first-order valence-electron chi connectivity index (χ1n) is 8.58. The molecule has 1 amide bonds. The Hall–Kier alpha value is -3.13. The van der Waals surface area contributed by atoms with E-state index < -0.39 is 5.92 Å². The predicted octanol–water partition coefficient (Wildman–Crippen LogP) is 3.21. The molecule has 26 heavy (non-hydrogen) atoms. The quantitative estimate of drug-likeness (QED) is 0.778. The number of benzene rings is 2. The first kappa shape index (κ1) is 17.7. The Balaban J connectivity index is 1.57. The van der Waals surface area contributed by atoms with Gasteiger partial charge in [0.25, 0.3) is 0 Å². The number of nitriles is 1. The number of carbonyl (C=O) groups excluding carboxylic acids is 2. The van der Waals surface area contributed by atoms with Crippen molar-refractivity contribution in [2.75, 3.05) is 6.54 Å². The summed E-state index contributed by atoms with van der Waals surface area (Å²) in [5, 5.41) is 8.80. The summed E-state index contributed by atoms with van der Waals surface area (Å²) in [5.74, 6) is -0.820. The normalized spacial score (nSPS) is 17.6. The number of esters is 1. The number of rotatable bonds is 5. The fourth-order valence-electron chi connectivity index (χ4n) is 3.12. The third-order valence-electron chi connectivity index (χ3n) is 4.71. The van der Waals surface area contributed by atoms with Crippen LogP contribution in [0.4, 0.5) is 0 Å². The van der Waals surface area contributed by atoms with E-state index in [0.717, 1.165) is 11.1 Å². The molecule has 0 aromatic heterocycles. The SMILES string of the molecule is C[C@H](c1ccccc1)N1C[C@H](C(=O)OCc2ccc(C#N)cc2)CC1=O. The zero-order chi connectivity index (χ0) is 18.5. The van der Waals surface area contributed by atoms with Crippen LogP contribution in [-0.2, 0) is 20.9 Å². The molecule has 3 rings (SSSR count). The molecule has 0 saturated carbocycles. The summed E-state index contributed by atoms with van der Waals surface area (Å²) in [6.07, 6.45) is 0.184. The number of carbonyl (C=O) groups is 2. The fraction of sp³-hybridized carbons (Fsp3) is 0.286. The van der Waals surface area contributed by atoms with Crippen molar-refractivity contribution in [3.05, 3.63) is 71.3 Å². The Morgan fingerprint density at radius 2 is 1.92 bits per heavy atom. The minimum Gasteiger partial charge on any atom is -0.461 e. The molecule has 0 aliphatic carbocycles. The predicted molar refractivity (Wildman–Crippen MR) is 95.6 cm³/mol. The van der Waals surface area contributed by atoms with Gasteiger partial charge in [-0.05, 0) is 30.2 Å². The van der Waals surface area contributed by atoms with Crippen molar-refractivity contribution in [1.29, 1.82) is 5.26 Å². The van der Waals surface area contributed by atoms with Crippen LogP contribution in [0.1, 0.15) is 36.1 Å². The van der Waals surface area contributed by atoms with Gasteiger partial charge in [0.15, 0.2) is 0 Å². The zero-order valence-corrected chi connectivity index (χ0v) is 14.6. The Morgan fingerprint density at radius 1 is 1.23 bits per heavy atom. The van der Waals surface area contributed by atoms with Crippen LogP contribution in [0, 0.1) is 17.2 Å². The van der Waals surface area contributed by atoms with Crippen LogP contribution in [0.2, 0.25) is 0 Å². The molecule has 1 heterocycles. The summed E-state index contributed by atoms with van der Waals surface area (Å²) in [5.41, 5.74) is 2.43. The molecular formula is C21H20N2O3. The van der Waals surface area contributed by atoms with Gasteiger partial charge in [-0.3, -0.25) is 9.59 Å². The molecule has 1 fully saturated rings. The van der Waals surface area contributed by atoms with Gasteiger partial charge in [-0.15, -0.1) is 0 Å². The third-order valence-corrected chi connectivity index (χ3v) is 4.71. The van der Waals surface area contributed by atoms with Gasteiger partial charge < -0.3 is 9.64 Å². The van der Waals surface area contributed by atoms with Gasteiger partial charge in [0.05, 0.1) is 23.6 Å². The number of amides is 1. The maximum Gasteiger partial charge on any atom is 0.311 e. The lowest BCUT2D eigenvalue weighted by Crippen LogP contribution is -2.29. The van der Waals surface area contributed by atoms with Crippen LogP contribution < -0.4 is 0 Å². The highest BCUT2D eigenvalue weighted by atomic mass is 16.5. The van der Waals surface area contributed by atoms with Crippen LogP contribution in [0.25, 0.3) is 0 Å². The van der Waals surface area contributed by atoms with Crippen LogP contribution in [0.5, 0.6) is 0 Å².